The smallest absolute Gasteiger partial charge is 0.272 e. The maximum Gasteiger partial charge on any atom is 0.272 e. The standard InChI is InChI=1S/C12H8FN3O4/c13-10-4-8(16(18)19)1-2-11(10)20-9-3-7(12(14)17)5-15-6-9/h1-6H,(H2,14,17). The summed E-state index contributed by atoms with van der Waals surface area (Å²) in [7, 11) is 0. The highest BCUT2D eigenvalue weighted by Crippen LogP contribution is 2.27. The second kappa shape index (κ2) is 5.31. The molecule has 0 saturated heterocycles. The molecule has 1 aromatic carbocycles. The molecule has 0 fully saturated rings. The molecule has 0 bridgehead atoms. The zero-order valence-electron chi connectivity index (χ0n) is 9.95. The number of primary amides is 1. The van der Waals surface area contributed by atoms with E-state index in [0.717, 1.165) is 18.2 Å². The number of carbonyl (C=O) groups is 1. The lowest BCUT2D eigenvalue weighted by atomic mass is 10.2. The molecule has 102 valence electrons. The lowest BCUT2D eigenvalue weighted by molar-refractivity contribution is -0.385. The highest BCUT2D eigenvalue weighted by Gasteiger charge is 2.13. The van der Waals surface area contributed by atoms with Crippen LogP contribution in [0.5, 0.6) is 11.5 Å². The monoisotopic (exact) mass is 277 g/mol. The lowest BCUT2D eigenvalue weighted by Gasteiger charge is -2.06. The first-order valence-corrected chi connectivity index (χ1v) is 5.34. The molecule has 0 aliphatic carbocycles. The van der Waals surface area contributed by atoms with Crippen LogP contribution in [0.15, 0.2) is 36.7 Å². The van der Waals surface area contributed by atoms with E-state index in [9.17, 15) is 19.3 Å². The summed E-state index contributed by atoms with van der Waals surface area (Å²) in [6.45, 7) is 0. The molecular weight excluding hydrogens is 269 g/mol. The van der Waals surface area contributed by atoms with E-state index >= 15 is 0 Å². The van der Waals surface area contributed by atoms with Crippen molar-refractivity contribution in [2.75, 3.05) is 0 Å². The van der Waals surface area contributed by atoms with E-state index in [1.54, 1.807) is 0 Å². The van der Waals surface area contributed by atoms with Crippen LogP contribution in [0.1, 0.15) is 10.4 Å². The van der Waals surface area contributed by atoms with Crippen molar-refractivity contribution in [1.29, 1.82) is 0 Å². The Morgan fingerprint density at radius 2 is 2.10 bits per heavy atom. The number of rotatable bonds is 4. The van der Waals surface area contributed by atoms with Gasteiger partial charge in [-0.2, -0.15) is 0 Å². The third-order valence-electron chi connectivity index (χ3n) is 2.35. The van der Waals surface area contributed by atoms with E-state index in [0.29, 0.717) is 0 Å². The van der Waals surface area contributed by atoms with Gasteiger partial charge >= 0.3 is 0 Å². The van der Waals surface area contributed by atoms with Gasteiger partial charge in [-0.05, 0) is 12.1 Å². The summed E-state index contributed by atoms with van der Waals surface area (Å²) in [6.07, 6.45) is 2.49. The number of carbonyl (C=O) groups excluding carboxylic acids is 1. The Morgan fingerprint density at radius 1 is 1.35 bits per heavy atom. The van der Waals surface area contributed by atoms with Gasteiger partial charge in [0, 0.05) is 12.3 Å². The number of hydrogen-bond donors (Lipinski definition) is 1. The van der Waals surface area contributed by atoms with Crippen LogP contribution < -0.4 is 10.5 Å². The van der Waals surface area contributed by atoms with Gasteiger partial charge in [-0.15, -0.1) is 0 Å². The van der Waals surface area contributed by atoms with Gasteiger partial charge in [-0.3, -0.25) is 19.9 Å². The van der Waals surface area contributed by atoms with Crippen molar-refractivity contribution in [2.24, 2.45) is 5.73 Å². The molecule has 0 atom stereocenters. The predicted molar refractivity (Wildman–Crippen MR) is 65.9 cm³/mol. The fraction of sp³-hybridized carbons (Fsp3) is 0. The van der Waals surface area contributed by atoms with Crippen LogP contribution in [0, 0.1) is 15.9 Å². The molecule has 2 aromatic rings. The highest BCUT2D eigenvalue weighted by atomic mass is 19.1. The number of nitro groups is 1. The van der Waals surface area contributed by atoms with Crippen LogP contribution >= 0.6 is 0 Å². The molecule has 8 heteroatoms. The first kappa shape index (κ1) is 13.4. The number of pyridine rings is 1. The molecule has 20 heavy (non-hydrogen) atoms. The molecule has 0 saturated carbocycles. The van der Waals surface area contributed by atoms with E-state index in [2.05, 4.69) is 4.98 Å². The second-order valence-corrected chi connectivity index (χ2v) is 3.75. The number of hydrogen-bond acceptors (Lipinski definition) is 5. The Bertz CT molecular complexity index is 690. The van der Waals surface area contributed by atoms with Crippen molar-refractivity contribution < 1.29 is 18.8 Å². The van der Waals surface area contributed by atoms with Gasteiger partial charge in [0.15, 0.2) is 11.6 Å². The third-order valence-corrected chi connectivity index (χ3v) is 2.35. The highest BCUT2D eigenvalue weighted by molar-refractivity contribution is 5.92. The Hall–Kier alpha value is -3.03. The first-order valence-electron chi connectivity index (χ1n) is 5.34. The summed E-state index contributed by atoms with van der Waals surface area (Å²) >= 11 is 0. The van der Waals surface area contributed by atoms with Crippen LogP contribution in [-0.4, -0.2) is 15.8 Å². The summed E-state index contributed by atoms with van der Waals surface area (Å²) in [5, 5.41) is 10.5. The summed E-state index contributed by atoms with van der Waals surface area (Å²) < 4.78 is 18.8. The van der Waals surface area contributed by atoms with Gasteiger partial charge in [0.05, 0.1) is 22.7 Å². The Morgan fingerprint density at radius 3 is 2.70 bits per heavy atom. The fourth-order valence-electron chi connectivity index (χ4n) is 1.42. The van der Waals surface area contributed by atoms with Crippen LogP contribution in [0.4, 0.5) is 10.1 Å². The number of non-ortho nitro benzene ring substituents is 1. The summed E-state index contributed by atoms with van der Waals surface area (Å²) in [6, 6.07) is 4.24. The van der Waals surface area contributed by atoms with Crippen LogP contribution in [0.25, 0.3) is 0 Å². The molecule has 1 amide bonds. The Labute approximate surface area is 112 Å². The maximum atomic E-state index is 13.6. The molecule has 7 nitrogen and oxygen atoms in total. The van der Waals surface area contributed by atoms with E-state index in [4.69, 9.17) is 10.5 Å². The van der Waals surface area contributed by atoms with Crippen molar-refractivity contribution >= 4 is 11.6 Å². The van der Waals surface area contributed by atoms with Crippen molar-refractivity contribution in [3.8, 4) is 11.5 Å². The number of aromatic nitrogens is 1. The number of ether oxygens (including phenoxy) is 1. The topological polar surface area (TPSA) is 108 Å². The molecule has 0 aliphatic rings. The van der Waals surface area contributed by atoms with Crippen molar-refractivity contribution in [1.82, 2.24) is 4.98 Å². The van der Waals surface area contributed by atoms with Gasteiger partial charge in [0.25, 0.3) is 5.69 Å². The van der Waals surface area contributed by atoms with E-state index in [1.165, 1.54) is 18.5 Å². The van der Waals surface area contributed by atoms with Crippen molar-refractivity contribution in [3.05, 3.63) is 58.2 Å². The maximum absolute atomic E-state index is 13.6. The predicted octanol–water partition coefficient (Wildman–Crippen LogP) is 2.02. The van der Waals surface area contributed by atoms with Crippen LogP contribution in [-0.2, 0) is 0 Å². The molecule has 1 heterocycles. The number of nitrogens with two attached hydrogens (primary N) is 1. The molecule has 0 aliphatic heterocycles. The minimum Gasteiger partial charge on any atom is -0.453 e. The Kier molecular flexibility index (Phi) is 3.56. The average molecular weight is 277 g/mol. The lowest BCUT2D eigenvalue weighted by Crippen LogP contribution is -2.11. The van der Waals surface area contributed by atoms with Crippen molar-refractivity contribution in [3.63, 3.8) is 0 Å². The van der Waals surface area contributed by atoms with Gasteiger partial charge < -0.3 is 10.5 Å². The fourth-order valence-corrected chi connectivity index (χ4v) is 1.42. The molecule has 0 radical (unpaired) electrons. The number of amides is 1. The molecule has 0 spiro atoms. The van der Waals surface area contributed by atoms with E-state index in [-0.39, 0.29) is 22.7 Å². The zero-order chi connectivity index (χ0) is 14.7. The minimum atomic E-state index is -0.899. The van der Waals surface area contributed by atoms with Gasteiger partial charge in [0.2, 0.25) is 5.91 Å². The molecule has 2 rings (SSSR count). The quantitative estimate of drug-likeness (QED) is 0.679. The van der Waals surface area contributed by atoms with Crippen LogP contribution in [0.3, 0.4) is 0 Å². The van der Waals surface area contributed by atoms with Gasteiger partial charge in [-0.25, -0.2) is 4.39 Å². The number of benzene rings is 1. The second-order valence-electron chi connectivity index (χ2n) is 3.75. The number of nitro benzene ring substituents is 1. The molecule has 1 aromatic heterocycles. The van der Waals surface area contributed by atoms with Crippen LogP contribution in [0.2, 0.25) is 0 Å². The zero-order valence-corrected chi connectivity index (χ0v) is 9.95. The molecule has 0 unspecified atom stereocenters. The van der Waals surface area contributed by atoms with Crippen molar-refractivity contribution in [2.45, 2.75) is 0 Å². The normalized spacial score (nSPS) is 10.1. The summed E-state index contributed by atoms with van der Waals surface area (Å²) in [5.74, 6) is -1.73. The largest absolute Gasteiger partial charge is 0.453 e. The van der Waals surface area contributed by atoms with E-state index < -0.39 is 16.6 Å². The van der Waals surface area contributed by atoms with Gasteiger partial charge in [-0.1, -0.05) is 0 Å². The Balaban J connectivity index is 2.28. The summed E-state index contributed by atoms with van der Waals surface area (Å²) in [4.78, 5) is 24.4. The van der Waals surface area contributed by atoms with Gasteiger partial charge in [0.1, 0.15) is 5.75 Å². The van der Waals surface area contributed by atoms with E-state index in [1.807, 2.05) is 0 Å². The summed E-state index contributed by atoms with van der Waals surface area (Å²) in [5.41, 5.74) is 4.79. The third kappa shape index (κ3) is 2.86. The molecule has 2 N–H and O–H groups in total. The first-order chi connectivity index (χ1) is 9.47. The average Bonchev–Trinajstić information content (AvgIpc) is 2.41. The number of nitrogens with zero attached hydrogens (tertiary/aromatic N) is 2. The SMILES string of the molecule is NC(=O)c1cncc(Oc2ccc([N+](=O)[O-])cc2F)c1. The molecular formula is C12H8FN3O4. The number of halogens is 1. The minimum absolute atomic E-state index is 0.0917.